The maximum Gasteiger partial charge on any atom is 0.419 e. The number of carboxylic acids is 1. The summed E-state index contributed by atoms with van der Waals surface area (Å²) in [6.45, 7) is 5.86. The zero-order valence-electron chi connectivity index (χ0n) is 27.7. The van der Waals surface area contributed by atoms with Gasteiger partial charge >= 0.3 is 12.1 Å². The molecule has 11 nitrogen and oxygen atoms in total. The Morgan fingerprint density at radius 2 is 1.90 bits per heavy atom. The van der Waals surface area contributed by atoms with Crippen molar-refractivity contribution in [2.45, 2.75) is 51.2 Å². The number of fused-ring (bicyclic) bond motifs is 1. The molecule has 4 heterocycles. The second-order valence-corrected chi connectivity index (χ2v) is 13.2. The number of carboxylic acid groups (broad SMARTS) is 1. The smallest absolute Gasteiger partial charge is 0.419 e. The third kappa shape index (κ3) is 7.47. The molecule has 1 atom stereocenters. The van der Waals surface area contributed by atoms with Crippen LogP contribution in [-0.4, -0.2) is 100 Å². The number of anilines is 2. The Morgan fingerprint density at radius 1 is 1.12 bits per heavy atom. The number of pyridine rings is 1. The fraction of sp³-hybridized carbons (Fsp3) is 0.500. The summed E-state index contributed by atoms with van der Waals surface area (Å²) in [6, 6.07) is 4.68. The summed E-state index contributed by atoms with van der Waals surface area (Å²) < 4.78 is 60.7. The Balaban J connectivity index is 1.33. The molecule has 1 aliphatic carbocycles. The zero-order chi connectivity index (χ0) is 34.9. The predicted molar refractivity (Wildman–Crippen MR) is 177 cm³/mol. The number of aromatic nitrogens is 5. The number of imidazole rings is 1. The van der Waals surface area contributed by atoms with E-state index in [0.29, 0.717) is 67.9 Å². The fourth-order valence-corrected chi connectivity index (χ4v) is 7.23. The number of hydrogen-bond donors (Lipinski definition) is 2. The molecule has 2 N–H and O–H groups in total. The highest BCUT2D eigenvalue weighted by atomic mass is 19.4. The first-order chi connectivity index (χ1) is 23.4. The minimum absolute atomic E-state index is 0.0817. The number of nitrogens with one attached hydrogen (secondary N) is 1. The second kappa shape index (κ2) is 13.9. The lowest BCUT2D eigenvalue weighted by Gasteiger charge is -2.40. The van der Waals surface area contributed by atoms with Gasteiger partial charge in [0.1, 0.15) is 22.8 Å². The Labute approximate surface area is 281 Å². The quantitative estimate of drug-likeness (QED) is 0.186. The van der Waals surface area contributed by atoms with E-state index in [1.165, 1.54) is 6.07 Å². The van der Waals surface area contributed by atoms with E-state index in [4.69, 9.17) is 14.8 Å². The molecule has 262 valence electrons. The number of H-pyrrole nitrogens is 1. The number of ether oxygens (including phenoxy) is 1. The molecule has 6 rings (SSSR count). The molecule has 0 unspecified atom stereocenters. The van der Waals surface area contributed by atoms with Crippen molar-refractivity contribution in [2.75, 3.05) is 63.3 Å². The number of aromatic amines is 1. The van der Waals surface area contributed by atoms with Crippen LogP contribution < -0.4 is 9.80 Å². The first-order valence-electron chi connectivity index (χ1n) is 16.4. The minimum Gasteiger partial charge on any atom is -0.481 e. The van der Waals surface area contributed by atoms with Crippen LogP contribution in [0.15, 0.2) is 36.7 Å². The summed E-state index contributed by atoms with van der Waals surface area (Å²) in [4.78, 5) is 39.3. The summed E-state index contributed by atoms with van der Waals surface area (Å²) in [5.41, 5.74) is 0.892. The SMILES string of the molecule is COCC1(CN(C)c2cc(-c3ccc(F)c(C(F)(F)F)c3)nc3nc(-c4cnc(N5CCN(CCC(=O)O)C[C@H]5C)cn4)[nH]c23)CCCC1. The van der Waals surface area contributed by atoms with E-state index in [1.807, 2.05) is 7.05 Å². The summed E-state index contributed by atoms with van der Waals surface area (Å²) in [7, 11) is 3.61. The lowest BCUT2D eigenvalue weighted by Crippen LogP contribution is -2.52. The van der Waals surface area contributed by atoms with Gasteiger partial charge in [-0.3, -0.25) is 9.69 Å². The molecular weight excluding hydrogens is 644 g/mol. The maximum absolute atomic E-state index is 14.2. The average molecular weight is 685 g/mol. The Hall–Kier alpha value is -4.37. The summed E-state index contributed by atoms with van der Waals surface area (Å²) in [5.74, 6) is -1.09. The molecule has 0 bridgehead atoms. The molecule has 1 aromatic carbocycles. The van der Waals surface area contributed by atoms with Crippen molar-refractivity contribution >= 4 is 28.6 Å². The van der Waals surface area contributed by atoms with E-state index in [1.54, 1.807) is 25.6 Å². The van der Waals surface area contributed by atoms with Crippen LogP contribution in [0.4, 0.5) is 29.1 Å². The van der Waals surface area contributed by atoms with Crippen molar-refractivity contribution in [3.63, 3.8) is 0 Å². The van der Waals surface area contributed by atoms with Gasteiger partial charge in [-0.2, -0.15) is 13.2 Å². The van der Waals surface area contributed by atoms with E-state index >= 15 is 0 Å². The highest BCUT2D eigenvalue weighted by molar-refractivity contribution is 5.91. The van der Waals surface area contributed by atoms with Crippen molar-refractivity contribution in [1.29, 1.82) is 0 Å². The highest BCUT2D eigenvalue weighted by Crippen LogP contribution is 2.41. The average Bonchev–Trinajstić information content (AvgIpc) is 3.70. The van der Waals surface area contributed by atoms with Crippen molar-refractivity contribution in [3.05, 3.63) is 48.0 Å². The number of rotatable bonds is 11. The largest absolute Gasteiger partial charge is 0.481 e. The van der Waals surface area contributed by atoms with Crippen molar-refractivity contribution in [2.24, 2.45) is 5.41 Å². The normalized spacial score (nSPS) is 18.3. The van der Waals surface area contributed by atoms with Gasteiger partial charge in [0.15, 0.2) is 11.5 Å². The summed E-state index contributed by atoms with van der Waals surface area (Å²) in [5, 5.41) is 9.02. The molecular formula is C34H40F4N8O3. The summed E-state index contributed by atoms with van der Waals surface area (Å²) in [6.07, 6.45) is 2.68. The maximum atomic E-state index is 14.2. The topological polar surface area (TPSA) is 124 Å². The van der Waals surface area contributed by atoms with Gasteiger partial charge in [-0.1, -0.05) is 12.8 Å². The first kappa shape index (κ1) is 34.5. The number of alkyl halides is 3. The molecule has 3 aromatic heterocycles. The molecule has 1 aliphatic heterocycles. The van der Waals surface area contributed by atoms with Gasteiger partial charge in [-0.25, -0.2) is 24.3 Å². The number of benzene rings is 1. The van der Waals surface area contributed by atoms with Gasteiger partial charge in [-0.05, 0) is 44.0 Å². The van der Waals surface area contributed by atoms with Gasteiger partial charge < -0.3 is 24.6 Å². The van der Waals surface area contributed by atoms with E-state index < -0.39 is 23.5 Å². The molecule has 0 amide bonds. The van der Waals surface area contributed by atoms with Crippen molar-refractivity contribution < 1.29 is 32.2 Å². The fourth-order valence-electron chi connectivity index (χ4n) is 7.23. The van der Waals surface area contributed by atoms with Crippen molar-refractivity contribution in [1.82, 2.24) is 29.8 Å². The molecule has 49 heavy (non-hydrogen) atoms. The number of halogens is 4. The predicted octanol–water partition coefficient (Wildman–Crippen LogP) is 5.87. The second-order valence-electron chi connectivity index (χ2n) is 13.2. The number of methoxy groups -OCH3 is 1. The minimum atomic E-state index is -4.87. The lowest BCUT2D eigenvalue weighted by molar-refractivity contribution is -0.140. The zero-order valence-corrected chi connectivity index (χ0v) is 27.7. The van der Waals surface area contributed by atoms with Crippen LogP contribution in [0, 0.1) is 11.2 Å². The van der Waals surface area contributed by atoms with E-state index in [2.05, 4.69) is 41.6 Å². The monoisotopic (exact) mass is 684 g/mol. The Kier molecular flexibility index (Phi) is 9.76. The lowest BCUT2D eigenvalue weighted by atomic mass is 9.86. The molecule has 1 saturated carbocycles. The molecule has 15 heteroatoms. The molecule has 0 radical (unpaired) electrons. The molecule has 4 aromatic rings. The van der Waals surface area contributed by atoms with Crippen LogP contribution in [0.5, 0.6) is 0 Å². The van der Waals surface area contributed by atoms with Crippen molar-refractivity contribution in [3.8, 4) is 22.8 Å². The van der Waals surface area contributed by atoms with E-state index in [0.717, 1.165) is 37.8 Å². The van der Waals surface area contributed by atoms with E-state index in [9.17, 15) is 22.4 Å². The number of nitrogens with zero attached hydrogens (tertiary/aromatic N) is 7. The number of hydrogen-bond acceptors (Lipinski definition) is 9. The Bertz CT molecular complexity index is 1790. The van der Waals surface area contributed by atoms with Gasteiger partial charge in [-0.15, -0.1) is 0 Å². The molecule has 1 saturated heterocycles. The van der Waals surface area contributed by atoms with Crippen LogP contribution >= 0.6 is 0 Å². The molecule has 0 spiro atoms. The summed E-state index contributed by atoms with van der Waals surface area (Å²) >= 11 is 0. The molecule has 2 aliphatic rings. The van der Waals surface area contributed by atoms with Crippen LogP contribution in [-0.2, 0) is 15.7 Å². The number of carbonyl (C=O) groups is 1. The van der Waals surface area contributed by atoms with Crippen LogP contribution in [0.1, 0.15) is 44.6 Å². The highest BCUT2D eigenvalue weighted by Gasteiger charge is 2.37. The molecule has 2 fully saturated rings. The van der Waals surface area contributed by atoms with Gasteiger partial charge in [0.05, 0.1) is 42.4 Å². The standard InChI is InChI=1S/C34H40F4N8O3/c1-21-18-45(11-8-29(47)48)12-13-46(21)28-17-39-26(16-40-28)31-42-30-27(44(2)19-33(20-49-3)9-4-5-10-33)15-25(41-32(30)43-31)22-6-7-24(35)23(14-22)34(36,37)38/h6-7,14-17,21H,4-5,8-13,18-20H2,1-3H3,(H,47,48)(H,41,42,43)/t21-/m1/s1. The van der Waals surface area contributed by atoms with Crippen LogP contribution in [0.3, 0.4) is 0 Å². The van der Waals surface area contributed by atoms with Crippen LogP contribution in [0.25, 0.3) is 33.9 Å². The van der Waals surface area contributed by atoms with Gasteiger partial charge in [0.25, 0.3) is 0 Å². The Morgan fingerprint density at radius 3 is 2.55 bits per heavy atom. The van der Waals surface area contributed by atoms with Gasteiger partial charge in [0, 0.05) is 63.9 Å². The number of piperazine rings is 1. The third-order valence-electron chi connectivity index (χ3n) is 9.64. The third-order valence-corrected chi connectivity index (χ3v) is 9.64. The van der Waals surface area contributed by atoms with Crippen LogP contribution in [0.2, 0.25) is 0 Å². The first-order valence-corrected chi connectivity index (χ1v) is 16.4. The van der Waals surface area contributed by atoms with E-state index in [-0.39, 0.29) is 34.8 Å². The van der Waals surface area contributed by atoms with Gasteiger partial charge in [0.2, 0.25) is 0 Å². The number of aliphatic carboxylic acids is 1.